The normalized spacial score (nSPS) is 9.25. The van der Waals surface area contributed by atoms with Crippen molar-refractivity contribution in [3.8, 4) is 0 Å². The molecule has 0 aliphatic rings. The summed E-state index contributed by atoms with van der Waals surface area (Å²) in [4.78, 5) is 11.1. The third kappa shape index (κ3) is 1.61. The molecule has 3 nitrogen and oxygen atoms in total. The SMILES string of the molecule is CC.Cc1cnc2nc[nH]c2c1.[HH]. The highest BCUT2D eigenvalue weighted by molar-refractivity contribution is 5.69. The van der Waals surface area contributed by atoms with E-state index in [1.165, 1.54) is 0 Å². The molecule has 66 valence electrons. The molecule has 0 amide bonds. The predicted octanol–water partition coefficient (Wildman–Crippen LogP) is 2.54. The van der Waals surface area contributed by atoms with Crippen LogP contribution in [0.2, 0.25) is 0 Å². The molecule has 0 atom stereocenters. The van der Waals surface area contributed by atoms with Crippen LogP contribution in [0.15, 0.2) is 18.6 Å². The van der Waals surface area contributed by atoms with Gasteiger partial charge >= 0.3 is 0 Å². The van der Waals surface area contributed by atoms with Crippen molar-refractivity contribution in [1.29, 1.82) is 0 Å². The fourth-order valence-electron chi connectivity index (χ4n) is 0.934. The second kappa shape index (κ2) is 3.85. The molecule has 12 heavy (non-hydrogen) atoms. The van der Waals surface area contributed by atoms with Gasteiger partial charge in [0.25, 0.3) is 0 Å². The summed E-state index contributed by atoms with van der Waals surface area (Å²) in [6.45, 7) is 6.01. The molecule has 0 saturated heterocycles. The predicted molar refractivity (Wildman–Crippen MR) is 52.1 cm³/mol. The van der Waals surface area contributed by atoms with Crippen LogP contribution in [-0.4, -0.2) is 15.0 Å². The summed E-state index contributed by atoms with van der Waals surface area (Å²) in [6.07, 6.45) is 3.46. The Labute approximate surface area is 73.3 Å². The van der Waals surface area contributed by atoms with Gasteiger partial charge in [-0.2, -0.15) is 0 Å². The first-order valence-corrected chi connectivity index (χ1v) is 4.12. The smallest absolute Gasteiger partial charge is 0.177 e. The molecule has 0 fully saturated rings. The molecule has 0 aromatic carbocycles. The van der Waals surface area contributed by atoms with E-state index in [0.717, 1.165) is 16.7 Å². The second-order valence-corrected chi connectivity index (χ2v) is 2.29. The van der Waals surface area contributed by atoms with Gasteiger partial charge in [0.15, 0.2) is 5.65 Å². The van der Waals surface area contributed by atoms with Crippen LogP contribution in [0, 0.1) is 6.92 Å². The zero-order valence-electron chi connectivity index (χ0n) is 7.63. The summed E-state index contributed by atoms with van der Waals surface area (Å²) in [5, 5.41) is 0. The van der Waals surface area contributed by atoms with Gasteiger partial charge < -0.3 is 4.98 Å². The van der Waals surface area contributed by atoms with Crippen molar-refractivity contribution in [3.05, 3.63) is 24.2 Å². The molecule has 0 bridgehead atoms. The zero-order valence-corrected chi connectivity index (χ0v) is 7.63. The van der Waals surface area contributed by atoms with Crippen molar-refractivity contribution in [2.24, 2.45) is 0 Å². The number of fused-ring (bicyclic) bond motifs is 1. The van der Waals surface area contributed by atoms with Gasteiger partial charge in [-0.3, -0.25) is 0 Å². The van der Waals surface area contributed by atoms with Crippen LogP contribution in [0.1, 0.15) is 20.8 Å². The average Bonchev–Trinajstić information content (AvgIpc) is 2.54. The number of H-pyrrole nitrogens is 1. The quantitative estimate of drug-likeness (QED) is 0.651. The van der Waals surface area contributed by atoms with Crippen LogP contribution in [0.25, 0.3) is 11.2 Å². The van der Waals surface area contributed by atoms with Gasteiger partial charge in [-0.05, 0) is 18.6 Å². The molecule has 0 spiro atoms. The summed E-state index contributed by atoms with van der Waals surface area (Å²) < 4.78 is 0. The summed E-state index contributed by atoms with van der Waals surface area (Å²) in [6, 6.07) is 2.02. The molecule has 2 rings (SSSR count). The third-order valence-corrected chi connectivity index (χ3v) is 1.41. The lowest BCUT2D eigenvalue weighted by molar-refractivity contribution is 1.28. The number of nitrogens with one attached hydrogen (secondary N) is 1. The number of rotatable bonds is 0. The monoisotopic (exact) mass is 165 g/mol. The minimum atomic E-state index is 0. The van der Waals surface area contributed by atoms with Crippen LogP contribution in [0.4, 0.5) is 0 Å². The number of aromatic nitrogens is 3. The maximum Gasteiger partial charge on any atom is 0.177 e. The van der Waals surface area contributed by atoms with Crippen LogP contribution < -0.4 is 0 Å². The molecule has 2 aromatic heterocycles. The Morgan fingerprint density at radius 3 is 2.83 bits per heavy atom. The number of pyridine rings is 1. The molecule has 2 aromatic rings. The van der Waals surface area contributed by atoms with Gasteiger partial charge in [0.05, 0.1) is 11.8 Å². The highest BCUT2D eigenvalue weighted by atomic mass is 14.9. The van der Waals surface area contributed by atoms with Crippen molar-refractivity contribution in [2.45, 2.75) is 20.8 Å². The Kier molecular flexibility index (Phi) is 2.80. The van der Waals surface area contributed by atoms with Crippen molar-refractivity contribution in [1.82, 2.24) is 15.0 Å². The molecule has 0 aliphatic heterocycles. The Bertz CT molecular complexity index is 356. The van der Waals surface area contributed by atoms with Crippen molar-refractivity contribution < 1.29 is 1.43 Å². The van der Waals surface area contributed by atoms with E-state index in [0.29, 0.717) is 0 Å². The fraction of sp³-hybridized carbons (Fsp3) is 0.333. The van der Waals surface area contributed by atoms with Crippen LogP contribution in [0.5, 0.6) is 0 Å². The summed E-state index contributed by atoms with van der Waals surface area (Å²) in [5.41, 5.74) is 2.93. The van der Waals surface area contributed by atoms with Gasteiger partial charge in [-0.1, -0.05) is 13.8 Å². The molecular weight excluding hydrogens is 150 g/mol. The summed E-state index contributed by atoms with van der Waals surface area (Å²) in [5.74, 6) is 0. The number of hydrogen-bond donors (Lipinski definition) is 1. The first-order valence-electron chi connectivity index (χ1n) is 4.12. The Morgan fingerprint density at radius 1 is 1.33 bits per heavy atom. The molecule has 1 N–H and O–H groups in total. The minimum Gasteiger partial charge on any atom is -0.343 e. The van der Waals surface area contributed by atoms with Crippen LogP contribution in [-0.2, 0) is 0 Å². The van der Waals surface area contributed by atoms with Gasteiger partial charge in [0, 0.05) is 7.62 Å². The molecule has 0 radical (unpaired) electrons. The van der Waals surface area contributed by atoms with E-state index < -0.39 is 0 Å². The molecule has 0 aliphatic carbocycles. The number of aryl methyl sites for hydroxylation is 1. The second-order valence-electron chi connectivity index (χ2n) is 2.29. The largest absolute Gasteiger partial charge is 0.343 e. The Morgan fingerprint density at radius 2 is 2.08 bits per heavy atom. The average molecular weight is 165 g/mol. The Hall–Kier alpha value is -1.38. The van der Waals surface area contributed by atoms with Crippen molar-refractivity contribution >= 4 is 11.2 Å². The van der Waals surface area contributed by atoms with E-state index in [1.807, 2.05) is 33.0 Å². The van der Waals surface area contributed by atoms with Crippen molar-refractivity contribution in [3.63, 3.8) is 0 Å². The molecule has 2 heterocycles. The molecular formula is C9H15N3. The maximum atomic E-state index is 4.10. The lowest BCUT2D eigenvalue weighted by Gasteiger charge is -1.88. The fourth-order valence-corrected chi connectivity index (χ4v) is 0.934. The molecule has 0 saturated carbocycles. The summed E-state index contributed by atoms with van der Waals surface area (Å²) >= 11 is 0. The van der Waals surface area contributed by atoms with Gasteiger partial charge in [-0.25, -0.2) is 9.97 Å². The number of hydrogen-bond acceptors (Lipinski definition) is 2. The van der Waals surface area contributed by atoms with Gasteiger partial charge in [-0.15, -0.1) is 0 Å². The first-order chi connectivity index (χ1) is 5.86. The maximum absolute atomic E-state index is 4.10. The highest BCUT2D eigenvalue weighted by Crippen LogP contribution is 2.06. The topological polar surface area (TPSA) is 41.6 Å². The zero-order chi connectivity index (χ0) is 8.97. The third-order valence-electron chi connectivity index (χ3n) is 1.41. The highest BCUT2D eigenvalue weighted by Gasteiger charge is 1.94. The Balaban J connectivity index is 0.000000451. The number of aromatic amines is 1. The standard InChI is InChI=1S/C7H7N3.C2H6.H2/c1-5-2-6-7(8-3-5)10-4-9-6;1-2;/h2-4H,1H3,(H,8,9,10);1-2H3;1H. The lowest BCUT2D eigenvalue weighted by Crippen LogP contribution is -1.77. The van der Waals surface area contributed by atoms with E-state index >= 15 is 0 Å². The number of nitrogens with zero attached hydrogens (tertiary/aromatic N) is 2. The lowest BCUT2D eigenvalue weighted by atomic mass is 10.3. The van der Waals surface area contributed by atoms with Crippen LogP contribution in [0.3, 0.4) is 0 Å². The van der Waals surface area contributed by atoms with Crippen LogP contribution >= 0.6 is 0 Å². The van der Waals surface area contributed by atoms with E-state index in [1.54, 1.807) is 6.33 Å². The van der Waals surface area contributed by atoms with E-state index in [2.05, 4.69) is 15.0 Å². The summed E-state index contributed by atoms with van der Waals surface area (Å²) in [7, 11) is 0. The van der Waals surface area contributed by atoms with Crippen molar-refractivity contribution in [2.75, 3.05) is 0 Å². The molecule has 0 unspecified atom stereocenters. The van der Waals surface area contributed by atoms with E-state index in [4.69, 9.17) is 0 Å². The number of imidazole rings is 1. The van der Waals surface area contributed by atoms with E-state index in [9.17, 15) is 0 Å². The molecule has 3 heteroatoms. The first kappa shape index (κ1) is 8.71. The van der Waals surface area contributed by atoms with Gasteiger partial charge in [0.2, 0.25) is 0 Å². The van der Waals surface area contributed by atoms with Gasteiger partial charge in [0.1, 0.15) is 0 Å². The van der Waals surface area contributed by atoms with E-state index in [-0.39, 0.29) is 1.43 Å². The minimum absolute atomic E-state index is 0.